The first-order chi connectivity index (χ1) is 31.6. The summed E-state index contributed by atoms with van der Waals surface area (Å²) < 4.78 is 13.8. The second-order valence-electron chi connectivity index (χ2n) is 19.0. The monoisotopic (exact) mass is 825 g/mol. The van der Waals surface area contributed by atoms with Gasteiger partial charge in [0.1, 0.15) is 22.3 Å². The molecule has 3 aromatic heterocycles. The standard InChI is InChI=1S/C59H43N3O2/c1-3-12-38(13-4-1)41-27-42(39-14-5-2-6-15-39)29-43(28-41)56-60-57(49-20-11-19-47-46-18-9-10-21-52(46)63-54(47)49)62-58(61-56)51-31-44(59-32-35-24-36(33-59)26-37(25-35)34-59)30-50-48-23-22-40-16-7-8-17-45(40)53(48)64-55(50)51/h1-23,27-31,35-37H,24-26,32-34H2. The molecule has 4 aliphatic carbocycles. The van der Waals surface area contributed by atoms with Crippen LogP contribution >= 0.6 is 0 Å². The third-order valence-electron chi connectivity index (χ3n) is 15.0. The summed E-state index contributed by atoms with van der Waals surface area (Å²) in [4.78, 5) is 16.5. The lowest BCUT2D eigenvalue weighted by Crippen LogP contribution is -2.48. The molecule has 5 nitrogen and oxygen atoms in total. The van der Waals surface area contributed by atoms with Gasteiger partial charge in [0, 0.05) is 32.5 Å². The number of fused-ring (bicyclic) bond motifs is 8. The first kappa shape index (κ1) is 36.1. The van der Waals surface area contributed by atoms with Crippen LogP contribution in [0.3, 0.4) is 0 Å². The number of furan rings is 2. The van der Waals surface area contributed by atoms with Crippen LogP contribution in [0.2, 0.25) is 0 Å². The van der Waals surface area contributed by atoms with Gasteiger partial charge in [-0.2, -0.15) is 0 Å². The first-order valence-electron chi connectivity index (χ1n) is 22.9. The maximum absolute atomic E-state index is 7.16. The van der Waals surface area contributed by atoms with Gasteiger partial charge in [-0.05, 0) is 143 Å². The Labute approximate surface area is 370 Å². The number of rotatable bonds is 6. The normalized spacial score (nSPS) is 20.3. The van der Waals surface area contributed by atoms with Crippen molar-refractivity contribution in [1.82, 2.24) is 15.0 Å². The summed E-state index contributed by atoms with van der Waals surface area (Å²) in [5, 5.41) is 6.63. The summed E-state index contributed by atoms with van der Waals surface area (Å²) in [5.74, 6) is 4.14. The average Bonchev–Trinajstić information content (AvgIpc) is 3.93. The highest BCUT2D eigenvalue weighted by Crippen LogP contribution is 2.61. The number of hydrogen-bond donors (Lipinski definition) is 0. The Kier molecular flexibility index (Phi) is 7.80. The van der Waals surface area contributed by atoms with Crippen molar-refractivity contribution in [2.75, 3.05) is 0 Å². The van der Waals surface area contributed by atoms with E-state index in [1.165, 1.54) is 44.1 Å². The van der Waals surface area contributed by atoms with Gasteiger partial charge in [0.15, 0.2) is 17.5 Å². The van der Waals surface area contributed by atoms with Gasteiger partial charge in [-0.1, -0.05) is 121 Å². The van der Waals surface area contributed by atoms with E-state index in [1.54, 1.807) is 0 Å². The molecule has 4 fully saturated rings. The molecule has 0 unspecified atom stereocenters. The number of para-hydroxylation sites is 2. The van der Waals surface area contributed by atoms with Crippen LogP contribution in [0.25, 0.3) is 111 Å². The van der Waals surface area contributed by atoms with Gasteiger partial charge in [-0.3, -0.25) is 0 Å². The Hall–Kier alpha value is -7.37. The van der Waals surface area contributed by atoms with Crippen molar-refractivity contribution < 1.29 is 8.83 Å². The van der Waals surface area contributed by atoms with Gasteiger partial charge in [0.2, 0.25) is 0 Å². The molecule has 0 aliphatic heterocycles. The molecule has 0 N–H and O–H groups in total. The lowest BCUT2D eigenvalue weighted by atomic mass is 9.48. The average molecular weight is 826 g/mol. The highest BCUT2D eigenvalue weighted by atomic mass is 16.3. The minimum absolute atomic E-state index is 0.130. The number of hydrogen-bond acceptors (Lipinski definition) is 5. The van der Waals surface area contributed by atoms with Crippen LogP contribution in [0.5, 0.6) is 0 Å². The fourth-order valence-corrected chi connectivity index (χ4v) is 12.6. The van der Waals surface area contributed by atoms with E-state index in [4.69, 9.17) is 23.8 Å². The van der Waals surface area contributed by atoms with Gasteiger partial charge in [0.25, 0.3) is 0 Å². The zero-order valence-corrected chi connectivity index (χ0v) is 35.3. The smallest absolute Gasteiger partial charge is 0.167 e. The third-order valence-corrected chi connectivity index (χ3v) is 15.0. The van der Waals surface area contributed by atoms with Gasteiger partial charge in [-0.15, -0.1) is 0 Å². The van der Waals surface area contributed by atoms with Gasteiger partial charge in [0.05, 0.1) is 11.1 Å². The van der Waals surface area contributed by atoms with Gasteiger partial charge in [-0.25, -0.2) is 15.0 Å². The number of nitrogens with zero attached hydrogens (tertiary/aromatic N) is 3. The van der Waals surface area contributed by atoms with Crippen molar-refractivity contribution in [3.8, 4) is 56.4 Å². The fraction of sp³-hybridized carbons (Fsp3) is 0.169. The van der Waals surface area contributed by atoms with Crippen molar-refractivity contribution in [3.63, 3.8) is 0 Å². The van der Waals surface area contributed by atoms with E-state index in [0.29, 0.717) is 17.5 Å². The topological polar surface area (TPSA) is 65.0 Å². The summed E-state index contributed by atoms with van der Waals surface area (Å²) in [6.45, 7) is 0. The van der Waals surface area contributed by atoms with E-state index in [0.717, 1.165) is 111 Å². The highest BCUT2D eigenvalue weighted by molar-refractivity contribution is 6.17. The zero-order chi connectivity index (χ0) is 41.9. The molecule has 5 heteroatoms. The molecule has 64 heavy (non-hydrogen) atoms. The van der Waals surface area contributed by atoms with E-state index < -0.39 is 0 Å². The molecule has 8 aromatic carbocycles. The molecule has 4 saturated carbocycles. The Morgan fingerprint density at radius 2 is 0.938 bits per heavy atom. The molecule has 0 saturated heterocycles. The fourth-order valence-electron chi connectivity index (χ4n) is 12.6. The van der Waals surface area contributed by atoms with Crippen LogP contribution < -0.4 is 0 Å². The van der Waals surface area contributed by atoms with Crippen LogP contribution in [0.15, 0.2) is 179 Å². The Morgan fingerprint density at radius 1 is 0.375 bits per heavy atom. The van der Waals surface area contributed by atoms with Crippen LogP contribution in [-0.2, 0) is 5.41 Å². The van der Waals surface area contributed by atoms with Gasteiger partial charge < -0.3 is 8.83 Å². The van der Waals surface area contributed by atoms with E-state index >= 15 is 0 Å². The van der Waals surface area contributed by atoms with Crippen LogP contribution in [0, 0.1) is 17.8 Å². The molecule has 306 valence electrons. The first-order valence-corrected chi connectivity index (χ1v) is 22.9. The minimum Gasteiger partial charge on any atom is -0.455 e. The number of benzene rings is 8. The van der Waals surface area contributed by atoms with Crippen molar-refractivity contribution in [2.24, 2.45) is 17.8 Å². The SMILES string of the molecule is c1ccc(-c2cc(-c3ccccc3)cc(-c3nc(-c4cccc5c4oc4ccccc45)nc(-c4cc(C56CC7CC(CC(C7)C5)C6)cc5c4oc4c6ccccc6ccc54)n3)c2)cc1. The molecule has 15 rings (SSSR count). The van der Waals surface area contributed by atoms with E-state index in [-0.39, 0.29) is 5.41 Å². The van der Waals surface area contributed by atoms with Crippen LogP contribution in [0.1, 0.15) is 44.1 Å². The largest absolute Gasteiger partial charge is 0.455 e. The van der Waals surface area contributed by atoms with Crippen LogP contribution in [-0.4, -0.2) is 15.0 Å². The zero-order valence-electron chi connectivity index (χ0n) is 35.3. The summed E-state index contributed by atoms with van der Waals surface area (Å²) in [7, 11) is 0. The molecule has 0 atom stereocenters. The Bertz CT molecular complexity index is 3570. The maximum atomic E-state index is 7.16. The molecule has 11 aromatic rings. The predicted molar refractivity (Wildman–Crippen MR) is 259 cm³/mol. The predicted octanol–water partition coefficient (Wildman–Crippen LogP) is 15.6. The third kappa shape index (κ3) is 5.66. The van der Waals surface area contributed by atoms with Crippen molar-refractivity contribution in [1.29, 1.82) is 0 Å². The molecular weight excluding hydrogens is 783 g/mol. The quantitative estimate of drug-likeness (QED) is 0.167. The highest BCUT2D eigenvalue weighted by Gasteiger charge is 2.52. The number of aromatic nitrogens is 3. The lowest BCUT2D eigenvalue weighted by molar-refractivity contribution is -0.00511. The molecular formula is C59H43N3O2. The Balaban J connectivity index is 1.07. The summed E-state index contributed by atoms with van der Waals surface area (Å²) in [5.41, 5.74) is 11.9. The second-order valence-corrected chi connectivity index (χ2v) is 19.0. The van der Waals surface area contributed by atoms with E-state index in [1.807, 2.05) is 12.1 Å². The van der Waals surface area contributed by atoms with E-state index in [2.05, 4.69) is 158 Å². The van der Waals surface area contributed by atoms with Crippen LogP contribution in [0.4, 0.5) is 0 Å². The molecule has 0 spiro atoms. The van der Waals surface area contributed by atoms with Gasteiger partial charge >= 0.3 is 0 Å². The molecule has 4 aliphatic rings. The summed E-state index contributed by atoms with van der Waals surface area (Å²) >= 11 is 0. The maximum Gasteiger partial charge on any atom is 0.167 e. The van der Waals surface area contributed by atoms with E-state index in [9.17, 15) is 0 Å². The summed E-state index contributed by atoms with van der Waals surface area (Å²) in [6.07, 6.45) is 7.90. The molecule has 4 bridgehead atoms. The van der Waals surface area contributed by atoms with Crippen molar-refractivity contribution in [2.45, 2.75) is 43.9 Å². The minimum atomic E-state index is 0.130. The Morgan fingerprint density at radius 3 is 1.66 bits per heavy atom. The molecule has 0 amide bonds. The second kappa shape index (κ2) is 13.8. The van der Waals surface area contributed by atoms with Crippen molar-refractivity contribution in [3.05, 3.63) is 175 Å². The summed E-state index contributed by atoms with van der Waals surface area (Å²) in [6, 6.07) is 60.3. The lowest BCUT2D eigenvalue weighted by Gasteiger charge is -2.57. The molecule has 3 heterocycles. The molecule has 0 radical (unpaired) electrons. The van der Waals surface area contributed by atoms with Crippen molar-refractivity contribution >= 4 is 54.6 Å².